The van der Waals surface area contributed by atoms with E-state index in [0.717, 1.165) is 17.7 Å². The first kappa shape index (κ1) is 25.0. The molecule has 1 aliphatic heterocycles. The molecule has 1 fully saturated rings. The Balaban J connectivity index is 1.44. The second-order valence-electron chi connectivity index (χ2n) is 8.52. The Labute approximate surface area is 205 Å². The van der Waals surface area contributed by atoms with Crippen molar-refractivity contribution in [3.63, 3.8) is 0 Å². The molecule has 2 N–H and O–H groups in total. The predicted octanol–water partition coefficient (Wildman–Crippen LogP) is 4.97. The zero-order chi connectivity index (χ0) is 25.7. The predicted molar refractivity (Wildman–Crippen MR) is 126 cm³/mol. The second-order valence-corrected chi connectivity index (χ2v) is 8.52. The van der Waals surface area contributed by atoms with E-state index in [2.05, 4.69) is 10.6 Å². The van der Waals surface area contributed by atoms with E-state index in [4.69, 9.17) is 4.42 Å². The molecule has 2 aromatic carbocycles. The molecule has 10 heteroatoms. The van der Waals surface area contributed by atoms with Gasteiger partial charge in [-0.2, -0.15) is 13.2 Å². The van der Waals surface area contributed by atoms with Gasteiger partial charge in [0.2, 0.25) is 11.8 Å². The molecule has 0 radical (unpaired) electrons. The summed E-state index contributed by atoms with van der Waals surface area (Å²) >= 11 is 0. The number of nitrogens with zero attached hydrogens (tertiary/aromatic N) is 1. The number of carbonyl (C=O) groups excluding carboxylic acids is 3. The molecule has 0 bridgehead atoms. The van der Waals surface area contributed by atoms with Crippen LogP contribution in [0.15, 0.2) is 71.3 Å². The quantitative estimate of drug-likeness (QED) is 0.501. The molecule has 0 aliphatic carbocycles. The molecule has 1 aliphatic rings. The minimum absolute atomic E-state index is 0.0513. The lowest BCUT2D eigenvalue weighted by atomic mass is 9.96. The number of hydrogen-bond donors (Lipinski definition) is 2. The maximum Gasteiger partial charge on any atom is 0.418 e. The highest BCUT2D eigenvalue weighted by Gasteiger charge is 2.36. The van der Waals surface area contributed by atoms with Gasteiger partial charge < -0.3 is 20.0 Å². The fourth-order valence-electron chi connectivity index (χ4n) is 4.10. The summed E-state index contributed by atoms with van der Waals surface area (Å²) in [7, 11) is 0. The topological polar surface area (TPSA) is 91.7 Å². The molecule has 1 unspecified atom stereocenters. The number of rotatable bonds is 6. The lowest BCUT2D eigenvalue weighted by Gasteiger charge is -2.32. The highest BCUT2D eigenvalue weighted by Crippen LogP contribution is 2.37. The maximum absolute atomic E-state index is 13.8. The lowest BCUT2D eigenvalue weighted by Crippen LogP contribution is -2.44. The van der Waals surface area contributed by atoms with Crippen LogP contribution < -0.4 is 10.6 Å². The number of amides is 3. The van der Waals surface area contributed by atoms with Crippen molar-refractivity contribution < 1.29 is 32.0 Å². The number of furan rings is 1. The number of carbonyl (C=O) groups is 3. The van der Waals surface area contributed by atoms with Crippen LogP contribution in [-0.2, 0) is 22.2 Å². The number of nitrogens with one attached hydrogen (secondary N) is 2. The third-order valence-electron chi connectivity index (χ3n) is 5.93. The number of likely N-dealkylation sites (tertiary alicyclic amines) is 1. The summed E-state index contributed by atoms with van der Waals surface area (Å²) in [6.45, 7) is 0.628. The number of piperidine rings is 1. The number of alkyl halides is 3. The molecule has 4 rings (SSSR count). The minimum atomic E-state index is -4.78. The van der Waals surface area contributed by atoms with Gasteiger partial charge in [0.15, 0.2) is 5.76 Å². The van der Waals surface area contributed by atoms with E-state index in [1.54, 1.807) is 4.90 Å². The molecule has 188 valence electrons. The summed E-state index contributed by atoms with van der Waals surface area (Å²) in [6, 6.07) is 15.2. The van der Waals surface area contributed by atoms with E-state index in [9.17, 15) is 27.6 Å². The number of anilines is 2. The largest absolute Gasteiger partial charge is 0.459 e. The van der Waals surface area contributed by atoms with Crippen molar-refractivity contribution in [1.82, 2.24) is 4.90 Å². The summed E-state index contributed by atoms with van der Waals surface area (Å²) in [5, 5.41) is 4.73. The Kier molecular flexibility index (Phi) is 7.42. The van der Waals surface area contributed by atoms with Gasteiger partial charge in [-0.25, -0.2) is 0 Å². The summed E-state index contributed by atoms with van der Waals surface area (Å²) < 4.78 is 46.3. The monoisotopic (exact) mass is 499 g/mol. The fourth-order valence-corrected chi connectivity index (χ4v) is 4.10. The van der Waals surface area contributed by atoms with Crippen LogP contribution >= 0.6 is 0 Å². The minimum Gasteiger partial charge on any atom is -0.459 e. The van der Waals surface area contributed by atoms with Crippen molar-refractivity contribution in [2.75, 3.05) is 23.7 Å². The first-order valence-electron chi connectivity index (χ1n) is 11.4. The van der Waals surface area contributed by atoms with E-state index >= 15 is 0 Å². The fraction of sp³-hybridized carbons (Fsp3) is 0.269. The first-order chi connectivity index (χ1) is 17.2. The summed E-state index contributed by atoms with van der Waals surface area (Å²) in [6.07, 6.45) is -2.28. The molecule has 7 nitrogen and oxygen atoms in total. The molecular formula is C26H24F3N3O4. The van der Waals surface area contributed by atoms with Gasteiger partial charge in [-0.3, -0.25) is 14.4 Å². The average Bonchev–Trinajstić information content (AvgIpc) is 3.40. The second kappa shape index (κ2) is 10.7. The smallest absolute Gasteiger partial charge is 0.418 e. The average molecular weight is 499 g/mol. The van der Waals surface area contributed by atoms with Crippen LogP contribution in [0.25, 0.3) is 0 Å². The van der Waals surface area contributed by atoms with E-state index < -0.39 is 35.2 Å². The molecule has 36 heavy (non-hydrogen) atoms. The first-order valence-corrected chi connectivity index (χ1v) is 11.4. The number of halogens is 3. The summed E-state index contributed by atoms with van der Waals surface area (Å²) in [5.74, 6) is -2.12. The zero-order valence-corrected chi connectivity index (χ0v) is 19.2. The van der Waals surface area contributed by atoms with Gasteiger partial charge in [-0.15, -0.1) is 0 Å². The molecule has 3 aromatic rings. The van der Waals surface area contributed by atoms with Crippen LogP contribution in [0.4, 0.5) is 24.5 Å². The van der Waals surface area contributed by atoms with Crippen LogP contribution in [-0.4, -0.2) is 35.7 Å². The lowest BCUT2D eigenvalue weighted by molar-refractivity contribution is -0.137. The van der Waals surface area contributed by atoms with Gasteiger partial charge in [0.1, 0.15) is 0 Å². The van der Waals surface area contributed by atoms with E-state index in [1.807, 2.05) is 30.3 Å². The van der Waals surface area contributed by atoms with Crippen molar-refractivity contribution >= 4 is 29.1 Å². The SMILES string of the molecule is O=C(Nc1ccc(NC(=O)C2CCCN(C(=O)Cc3ccccc3)C2)c(C(F)(F)F)c1)c1ccco1. The third kappa shape index (κ3) is 6.12. The van der Waals surface area contributed by atoms with Crippen molar-refractivity contribution in [2.45, 2.75) is 25.4 Å². The molecule has 0 spiro atoms. The zero-order valence-electron chi connectivity index (χ0n) is 19.2. The Morgan fingerprint density at radius 3 is 2.47 bits per heavy atom. The molecule has 3 amide bonds. The third-order valence-corrected chi connectivity index (χ3v) is 5.93. The van der Waals surface area contributed by atoms with Gasteiger partial charge in [0.25, 0.3) is 5.91 Å². The van der Waals surface area contributed by atoms with Gasteiger partial charge in [0.05, 0.1) is 29.9 Å². The van der Waals surface area contributed by atoms with Crippen LogP contribution in [0, 0.1) is 5.92 Å². The van der Waals surface area contributed by atoms with E-state index in [0.29, 0.717) is 19.4 Å². The van der Waals surface area contributed by atoms with Crippen molar-refractivity contribution in [2.24, 2.45) is 5.92 Å². The molecular weight excluding hydrogens is 475 g/mol. The Bertz CT molecular complexity index is 1230. The standard InChI is InChI=1S/C26H24F3N3O4/c27-26(28,29)20-15-19(30-25(35)22-9-5-13-36-22)10-11-21(20)31-24(34)18-8-4-12-32(16-18)23(33)14-17-6-2-1-3-7-17/h1-3,5-7,9-11,13,15,18H,4,8,12,14,16H2,(H,30,35)(H,31,34). The van der Waals surface area contributed by atoms with Crippen molar-refractivity contribution in [3.8, 4) is 0 Å². The van der Waals surface area contributed by atoms with Crippen molar-refractivity contribution in [3.05, 3.63) is 83.8 Å². The van der Waals surface area contributed by atoms with Crippen LogP contribution in [0.5, 0.6) is 0 Å². The van der Waals surface area contributed by atoms with Gasteiger partial charge in [-0.05, 0) is 48.7 Å². The highest BCUT2D eigenvalue weighted by atomic mass is 19.4. The Hall–Kier alpha value is -4.08. The maximum atomic E-state index is 13.8. The van der Waals surface area contributed by atoms with Gasteiger partial charge in [0, 0.05) is 18.8 Å². The Morgan fingerprint density at radius 2 is 1.78 bits per heavy atom. The Morgan fingerprint density at radius 1 is 1.00 bits per heavy atom. The molecule has 1 aromatic heterocycles. The highest BCUT2D eigenvalue weighted by molar-refractivity contribution is 6.02. The number of benzene rings is 2. The van der Waals surface area contributed by atoms with Crippen LogP contribution in [0.3, 0.4) is 0 Å². The van der Waals surface area contributed by atoms with Gasteiger partial charge >= 0.3 is 6.18 Å². The molecule has 1 atom stereocenters. The molecule has 1 saturated heterocycles. The van der Waals surface area contributed by atoms with Crippen LogP contribution in [0.2, 0.25) is 0 Å². The summed E-state index contributed by atoms with van der Waals surface area (Å²) in [5.41, 5.74) is -0.766. The number of hydrogen-bond acceptors (Lipinski definition) is 4. The van der Waals surface area contributed by atoms with Crippen LogP contribution in [0.1, 0.15) is 34.5 Å². The van der Waals surface area contributed by atoms with Gasteiger partial charge in [-0.1, -0.05) is 30.3 Å². The molecule has 2 heterocycles. The normalized spacial score (nSPS) is 15.9. The van der Waals surface area contributed by atoms with Crippen molar-refractivity contribution in [1.29, 1.82) is 0 Å². The van der Waals surface area contributed by atoms with E-state index in [-0.39, 0.29) is 30.3 Å². The summed E-state index contributed by atoms with van der Waals surface area (Å²) in [4.78, 5) is 39.3. The molecule has 0 saturated carbocycles. The van der Waals surface area contributed by atoms with E-state index in [1.165, 1.54) is 24.5 Å².